The molecule has 0 fully saturated rings. The summed E-state index contributed by atoms with van der Waals surface area (Å²) >= 11 is 0. The summed E-state index contributed by atoms with van der Waals surface area (Å²) in [4.78, 5) is 12.5. The Morgan fingerprint density at radius 1 is 1.10 bits per heavy atom. The molecular formula is C22H29N3O5S. The highest BCUT2D eigenvalue weighted by Gasteiger charge is 2.22. The van der Waals surface area contributed by atoms with Crippen LogP contribution in [0.2, 0.25) is 0 Å². The molecule has 1 amide bonds. The SMILES string of the molecule is CCCOc1ccc(/C=N/NC(=O)c2cccc(S(=O)(=O)N(CC)CC)c2)cc1OC. The number of amides is 1. The van der Waals surface area contributed by atoms with Crippen molar-refractivity contribution in [2.24, 2.45) is 5.10 Å². The molecule has 0 spiro atoms. The van der Waals surface area contributed by atoms with Crippen molar-refractivity contribution in [3.05, 3.63) is 53.6 Å². The number of sulfonamides is 1. The van der Waals surface area contributed by atoms with Gasteiger partial charge in [-0.15, -0.1) is 0 Å². The highest BCUT2D eigenvalue weighted by Crippen LogP contribution is 2.27. The smallest absolute Gasteiger partial charge is 0.271 e. The van der Waals surface area contributed by atoms with Crippen LogP contribution >= 0.6 is 0 Å². The Labute approximate surface area is 183 Å². The van der Waals surface area contributed by atoms with Gasteiger partial charge in [-0.2, -0.15) is 9.41 Å². The van der Waals surface area contributed by atoms with Crippen molar-refractivity contribution in [2.75, 3.05) is 26.8 Å². The normalized spacial score (nSPS) is 11.6. The van der Waals surface area contributed by atoms with Gasteiger partial charge >= 0.3 is 0 Å². The zero-order valence-corrected chi connectivity index (χ0v) is 19.1. The van der Waals surface area contributed by atoms with E-state index in [4.69, 9.17) is 9.47 Å². The summed E-state index contributed by atoms with van der Waals surface area (Å²) in [6, 6.07) is 11.2. The van der Waals surface area contributed by atoms with Gasteiger partial charge < -0.3 is 9.47 Å². The molecule has 8 nitrogen and oxygen atoms in total. The number of carbonyl (C=O) groups excluding carboxylic acids is 1. The first kappa shape index (κ1) is 24.4. The quantitative estimate of drug-likeness (QED) is 0.421. The first-order valence-corrected chi connectivity index (χ1v) is 11.6. The van der Waals surface area contributed by atoms with Gasteiger partial charge in [0.2, 0.25) is 10.0 Å². The van der Waals surface area contributed by atoms with E-state index >= 15 is 0 Å². The lowest BCUT2D eigenvalue weighted by Gasteiger charge is -2.18. The maximum atomic E-state index is 12.7. The second-order valence-corrected chi connectivity index (χ2v) is 8.51. The van der Waals surface area contributed by atoms with Gasteiger partial charge in [0.25, 0.3) is 5.91 Å². The number of hydrogen-bond donors (Lipinski definition) is 1. The van der Waals surface area contributed by atoms with E-state index in [9.17, 15) is 13.2 Å². The molecule has 0 unspecified atom stereocenters. The number of nitrogens with zero attached hydrogens (tertiary/aromatic N) is 2. The van der Waals surface area contributed by atoms with E-state index in [1.165, 1.54) is 34.8 Å². The molecule has 2 aromatic carbocycles. The van der Waals surface area contributed by atoms with Gasteiger partial charge in [-0.3, -0.25) is 4.79 Å². The van der Waals surface area contributed by atoms with Crippen LogP contribution in [0.5, 0.6) is 11.5 Å². The standard InChI is InChI=1S/C22H29N3O5S/c1-5-13-30-20-12-11-17(14-21(20)29-4)16-23-24-22(26)18-9-8-10-19(15-18)31(27,28)25(6-2)7-3/h8-12,14-16H,5-7,13H2,1-4H3,(H,24,26)/b23-16+. The van der Waals surface area contributed by atoms with Crippen molar-refractivity contribution in [3.8, 4) is 11.5 Å². The number of hydrogen-bond acceptors (Lipinski definition) is 6. The molecule has 0 aliphatic heterocycles. The molecule has 0 atom stereocenters. The van der Waals surface area contributed by atoms with Gasteiger partial charge in [-0.25, -0.2) is 13.8 Å². The van der Waals surface area contributed by atoms with Crippen molar-refractivity contribution in [2.45, 2.75) is 32.1 Å². The summed E-state index contributed by atoms with van der Waals surface area (Å²) in [7, 11) is -2.10. The number of methoxy groups -OCH3 is 1. The van der Waals surface area contributed by atoms with Crippen LogP contribution in [-0.4, -0.2) is 51.7 Å². The van der Waals surface area contributed by atoms with Crippen molar-refractivity contribution >= 4 is 22.1 Å². The van der Waals surface area contributed by atoms with E-state index in [1.54, 1.807) is 39.2 Å². The zero-order valence-electron chi connectivity index (χ0n) is 18.3. The van der Waals surface area contributed by atoms with Crippen molar-refractivity contribution < 1.29 is 22.7 Å². The summed E-state index contributed by atoms with van der Waals surface area (Å²) in [6.07, 6.45) is 2.36. The molecule has 0 aliphatic carbocycles. The monoisotopic (exact) mass is 447 g/mol. The van der Waals surface area contributed by atoms with E-state index in [2.05, 4.69) is 10.5 Å². The molecule has 2 rings (SSSR count). The molecule has 0 radical (unpaired) electrons. The maximum Gasteiger partial charge on any atom is 0.271 e. The van der Waals surface area contributed by atoms with Crippen LogP contribution in [0.3, 0.4) is 0 Å². The zero-order chi connectivity index (χ0) is 22.9. The Morgan fingerprint density at radius 2 is 1.84 bits per heavy atom. The fraction of sp³-hybridized carbons (Fsp3) is 0.364. The van der Waals surface area contributed by atoms with Crippen LogP contribution in [-0.2, 0) is 10.0 Å². The van der Waals surface area contributed by atoms with Crippen molar-refractivity contribution in [1.29, 1.82) is 0 Å². The van der Waals surface area contributed by atoms with Gasteiger partial charge in [0.1, 0.15) is 0 Å². The van der Waals surface area contributed by atoms with Gasteiger partial charge in [-0.1, -0.05) is 26.8 Å². The third-order valence-corrected chi connectivity index (χ3v) is 6.51. The molecule has 2 aromatic rings. The van der Waals surface area contributed by atoms with Crippen LogP contribution in [0.15, 0.2) is 52.5 Å². The summed E-state index contributed by atoms with van der Waals surface area (Å²) in [5.41, 5.74) is 3.33. The largest absolute Gasteiger partial charge is 0.493 e. The summed E-state index contributed by atoms with van der Waals surface area (Å²) in [5.74, 6) is 0.692. The lowest BCUT2D eigenvalue weighted by atomic mass is 10.2. The molecule has 9 heteroatoms. The van der Waals surface area contributed by atoms with Crippen molar-refractivity contribution in [1.82, 2.24) is 9.73 Å². The van der Waals surface area contributed by atoms with Gasteiger partial charge in [0, 0.05) is 18.7 Å². The highest BCUT2D eigenvalue weighted by molar-refractivity contribution is 7.89. The minimum atomic E-state index is -3.65. The van der Waals surface area contributed by atoms with E-state index in [-0.39, 0.29) is 10.5 Å². The summed E-state index contributed by atoms with van der Waals surface area (Å²) in [6.45, 7) is 6.85. The lowest BCUT2D eigenvalue weighted by molar-refractivity contribution is 0.0955. The van der Waals surface area contributed by atoms with Crippen LogP contribution in [0.1, 0.15) is 43.1 Å². The number of ether oxygens (including phenoxy) is 2. The van der Waals surface area contributed by atoms with Gasteiger partial charge in [0.05, 0.1) is 24.8 Å². The number of nitrogens with one attached hydrogen (secondary N) is 1. The molecule has 0 bridgehead atoms. The second kappa shape index (κ2) is 11.5. The minimum Gasteiger partial charge on any atom is -0.493 e. The average molecular weight is 448 g/mol. The van der Waals surface area contributed by atoms with Crippen LogP contribution in [0.25, 0.3) is 0 Å². The molecule has 0 aromatic heterocycles. The maximum absolute atomic E-state index is 12.7. The molecule has 0 saturated heterocycles. The summed E-state index contributed by atoms with van der Waals surface area (Å²) < 4.78 is 37.6. The average Bonchev–Trinajstić information content (AvgIpc) is 2.78. The van der Waals surface area contributed by atoms with Crippen LogP contribution in [0.4, 0.5) is 0 Å². The number of carbonyl (C=O) groups is 1. The first-order valence-electron chi connectivity index (χ1n) is 10.1. The third-order valence-electron chi connectivity index (χ3n) is 4.47. The molecule has 31 heavy (non-hydrogen) atoms. The van der Waals surface area contributed by atoms with E-state index in [0.717, 1.165) is 6.42 Å². The minimum absolute atomic E-state index is 0.0697. The Morgan fingerprint density at radius 3 is 2.48 bits per heavy atom. The Hall–Kier alpha value is -2.91. The molecule has 0 saturated carbocycles. The molecule has 168 valence electrons. The Kier molecular flexibility index (Phi) is 9.02. The molecule has 0 heterocycles. The molecular weight excluding hydrogens is 418 g/mol. The lowest BCUT2D eigenvalue weighted by Crippen LogP contribution is -2.30. The number of benzene rings is 2. The van der Waals surface area contributed by atoms with Gasteiger partial charge in [0.15, 0.2) is 11.5 Å². The van der Waals surface area contributed by atoms with Gasteiger partial charge in [-0.05, 0) is 48.4 Å². The number of hydrazone groups is 1. The predicted molar refractivity (Wildman–Crippen MR) is 120 cm³/mol. The van der Waals surface area contributed by atoms with E-state index in [0.29, 0.717) is 36.8 Å². The van der Waals surface area contributed by atoms with E-state index in [1.807, 2.05) is 6.92 Å². The predicted octanol–water partition coefficient (Wildman–Crippen LogP) is 3.28. The third kappa shape index (κ3) is 6.28. The van der Waals surface area contributed by atoms with Crippen molar-refractivity contribution in [3.63, 3.8) is 0 Å². The Balaban J connectivity index is 2.12. The summed E-state index contributed by atoms with van der Waals surface area (Å²) in [5, 5.41) is 3.96. The molecule has 1 N–H and O–H groups in total. The number of rotatable bonds is 11. The first-order chi connectivity index (χ1) is 14.9. The topological polar surface area (TPSA) is 97.3 Å². The fourth-order valence-corrected chi connectivity index (χ4v) is 4.34. The highest BCUT2D eigenvalue weighted by atomic mass is 32.2. The van der Waals surface area contributed by atoms with Crippen LogP contribution < -0.4 is 14.9 Å². The van der Waals surface area contributed by atoms with Crippen LogP contribution in [0, 0.1) is 0 Å². The fourth-order valence-electron chi connectivity index (χ4n) is 2.84. The van der Waals surface area contributed by atoms with E-state index < -0.39 is 15.9 Å². The second-order valence-electron chi connectivity index (χ2n) is 6.58. The molecule has 0 aliphatic rings. The Bertz CT molecular complexity index is 1020.